The summed E-state index contributed by atoms with van der Waals surface area (Å²) in [6.07, 6.45) is 0.376. The SMILES string of the molecule is CCN1C(=O)Cc2cc3c(cc21)C(=O)c1ccccc1CO3. The molecule has 0 atom stereocenters. The smallest absolute Gasteiger partial charge is 0.231 e. The maximum atomic E-state index is 12.8. The Balaban J connectivity index is 1.89. The number of likely N-dealkylation sites (N-methyl/N-ethyl adjacent to an activating group) is 1. The van der Waals surface area contributed by atoms with Crippen LogP contribution in [0.15, 0.2) is 36.4 Å². The highest BCUT2D eigenvalue weighted by Gasteiger charge is 2.31. The van der Waals surface area contributed by atoms with Crippen molar-refractivity contribution in [3.05, 3.63) is 58.7 Å². The molecule has 0 radical (unpaired) electrons. The molecular formula is C18H15NO3. The van der Waals surface area contributed by atoms with Crippen molar-refractivity contribution in [1.29, 1.82) is 0 Å². The van der Waals surface area contributed by atoms with Crippen molar-refractivity contribution < 1.29 is 14.3 Å². The first-order valence-electron chi connectivity index (χ1n) is 7.41. The molecule has 0 aromatic heterocycles. The molecule has 2 aliphatic heterocycles. The van der Waals surface area contributed by atoms with Gasteiger partial charge in [0.2, 0.25) is 5.91 Å². The minimum absolute atomic E-state index is 0.0405. The van der Waals surface area contributed by atoms with Crippen LogP contribution in [-0.2, 0) is 17.8 Å². The zero-order chi connectivity index (χ0) is 15.3. The number of carbonyl (C=O) groups excluding carboxylic acids is 2. The maximum absolute atomic E-state index is 12.8. The number of fused-ring (bicyclic) bond motifs is 3. The van der Waals surface area contributed by atoms with E-state index < -0.39 is 0 Å². The number of rotatable bonds is 1. The number of amides is 1. The summed E-state index contributed by atoms with van der Waals surface area (Å²) >= 11 is 0. The normalized spacial score (nSPS) is 15.8. The van der Waals surface area contributed by atoms with Gasteiger partial charge < -0.3 is 9.64 Å². The molecule has 0 N–H and O–H groups in total. The molecule has 2 heterocycles. The topological polar surface area (TPSA) is 46.6 Å². The lowest BCUT2D eigenvalue weighted by Gasteiger charge is -2.16. The monoisotopic (exact) mass is 293 g/mol. The fourth-order valence-corrected chi connectivity index (χ4v) is 3.21. The van der Waals surface area contributed by atoms with Gasteiger partial charge in [0.05, 0.1) is 12.0 Å². The molecule has 0 fully saturated rings. The van der Waals surface area contributed by atoms with Gasteiger partial charge in [-0.05, 0) is 24.6 Å². The summed E-state index contributed by atoms with van der Waals surface area (Å²) in [5.74, 6) is 0.609. The number of ether oxygens (including phenoxy) is 1. The number of hydrogen-bond donors (Lipinski definition) is 0. The Kier molecular flexibility index (Phi) is 2.79. The molecule has 2 aromatic carbocycles. The van der Waals surface area contributed by atoms with Gasteiger partial charge >= 0.3 is 0 Å². The Labute approximate surface area is 128 Å². The molecule has 4 nitrogen and oxygen atoms in total. The van der Waals surface area contributed by atoms with Crippen molar-refractivity contribution in [2.75, 3.05) is 11.4 Å². The van der Waals surface area contributed by atoms with Gasteiger partial charge in [-0.1, -0.05) is 24.3 Å². The molecule has 0 spiro atoms. The van der Waals surface area contributed by atoms with E-state index in [1.165, 1.54) is 0 Å². The highest BCUT2D eigenvalue weighted by Crippen LogP contribution is 2.37. The molecule has 2 aromatic rings. The van der Waals surface area contributed by atoms with Crippen LogP contribution >= 0.6 is 0 Å². The molecule has 2 aliphatic rings. The average Bonchev–Trinajstić information content (AvgIpc) is 2.78. The Bertz CT molecular complexity index is 810. The Morgan fingerprint density at radius 2 is 1.91 bits per heavy atom. The second kappa shape index (κ2) is 4.70. The van der Waals surface area contributed by atoms with E-state index in [0.717, 1.165) is 16.8 Å². The first kappa shape index (κ1) is 13.1. The third-order valence-electron chi connectivity index (χ3n) is 4.32. The predicted octanol–water partition coefficient (Wildman–Crippen LogP) is 2.72. The van der Waals surface area contributed by atoms with Gasteiger partial charge in [-0.2, -0.15) is 0 Å². The van der Waals surface area contributed by atoms with Crippen LogP contribution in [0.2, 0.25) is 0 Å². The van der Waals surface area contributed by atoms with Crippen molar-refractivity contribution in [3.8, 4) is 5.75 Å². The van der Waals surface area contributed by atoms with E-state index in [2.05, 4.69) is 0 Å². The number of benzene rings is 2. The third kappa shape index (κ3) is 1.77. The van der Waals surface area contributed by atoms with E-state index in [4.69, 9.17) is 4.74 Å². The van der Waals surface area contributed by atoms with Crippen molar-refractivity contribution in [1.82, 2.24) is 0 Å². The highest BCUT2D eigenvalue weighted by atomic mass is 16.5. The van der Waals surface area contributed by atoms with E-state index in [1.54, 1.807) is 4.90 Å². The summed E-state index contributed by atoms with van der Waals surface area (Å²) in [6.45, 7) is 2.92. The van der Waals surface area contributed by atoms with Crippen LogP contribution in [0.5, 0.6) is 5.75 Å². The van der Waals surface area contributed by atoms with E-state index >= 15 is 0 Å². The summed E-state index contributed by atoms with van der Waals surface area (Å²) in [7, 11) is 0. The Hall–Kier alpha value is -2.62. The quantitative estimate of drug-likeness (QED) is 0.812. The van der Waals surface area contributed by atoms with Crippen LogP contribution in [0, 0.1) is 0 Å². The molecule has 4 heteroatoms. The Morgan fingerprint density at radius 3 is 2.73 bits per heavy atom. The standard InChI is InChI=1S/C18H15NO3/c1-2-19-15-9-14-16(7-12(15)8-17(19)20)22-10-11-5-3-4-6-13(11)18(14)21/h3-7,9H,2,8,10H2,1H3. The molecule has 1 amide bonds. The number of nitrogens with zero attached hydrogens (tertiary/aromatic N) is 1. The number of hydrogen-bond acceptors (Lipinski definition) is 3. The minimum atomic E-state index is -0.0405. The minimum Gasteiger partial charge on any atom is -0.488 e. The fourth-order valence-electron chi connectivity index (χ4n) is 3.21. The molecule has 110 valence electrons. The predicted molar refractivity (Wildman–Crippen MR) is 82.4 cm³/mol. The molecule has 0 unspecified atom stereocenters. The molecular weight excluding hydrogens is 278 g/mol. The summed E-state index contributed by atoms with van der Waals surface area (Å²) in [5.41, 5.74) is 3.88. The molecule has 22 heavy (non-hydrogen) atoms. The van der Waals surface area contributed by atoms with Gasteiger partial charge in [0.25, 0.3) is 0 Å². The van der Waals surface area contributed by atoms with Gasteiger partial charge in [-0.3, -0.25) is 9.59 Å². The van der Waals surface area contributed by atoms with Crippen molar-refractivity contribution in [2.24, 2.45) is 0 Å². The first-order chi connectivity index (χ1) is 10.7. The molecule has 0 saturated heterocycles. The molecule has 0 aliphatic carbocycles. The first-order valence-corrected chi connectivity index (χ1v) is 7.41. The summed E-state index contributed by atoms with van der Waals surface area (Å²) < 4.78 is 5.82. The van der Waals surface area contributed by atoms with Crippen LogP contribution < -0.4 is 9.64 Å². The van der Waals surface area contributed by atoms with Crippen LogP contribution in [-0.4, -0.2) is 18.2 Å². The number of anilines is 1. The van der Waals surface area contributed by atoms with Gasteiger partial charge in [-0.15, -0.1) is 0 Å². The lowest BCUT2D eigenvalue weighted by Crippen LogP contribution is -2.26. The second-order valence-electron chi connectivity index (χ2n) is 5.57. The van der Waals surface area contributed by atoms with E-state index in [0.29, 0.717) is 36.4 Å². The van der Waals surface area contributed by atoms with Crippen molar-refractivity contribution >= 4 is 17.4 Å². The van der Waals surface area contributed by atoms with Gasteiger partial charge in [0.1, 0.15) is 12.4 Å². The summed E-state index contributed by atoms with van der Waals surface area (Å²) in [6, 6.07) is 11.2. The van der Waals surface area contributed by atoms with Crippen LogP contribution in [0.4, 0.5) is 5.69 Å². The largest absolute Gasteiger partial charge is 0.488 e. The number of carbonyl (C=O) groups is 2. The Morgan fingerprint density at radius 1 is 1.09 bits per heavy atom. The maximum Gasteiger partial charge on any atom is 0.231 e. The van der Waals surface area contributed by atoms with Crippen molar-refractivity contribution in [2.45, 2.75) is 20.0 Å². The number of ketones is 1. The second-order valence-corrected chi connectivity index (χ2v) is 5.57. The van der Waals surface area contributed by atoms with E-state index in [9.17, 15) is 9.59 Å². The zero-order valence-electron chi connectivity index (χ0n) is 12.3. The van der Waals surface area contributed by atoms with E-state index in [1.807, 2.05) is 43.3 Å². The molecule has 4 rings (SSSR count). The summed E-state index contributed by atoms with van der Waals surface area (Å²) in [4.78, 5) is 26.6. The van der Waals surface area contributed by atoms with Crippen LogP contribution in [0.1, 0.15) is 34.0 Å². The van der Waals surface area contributed by atoms with Crippen LogP contribution in [0.3, 0.4) is 0 Å². The molecule has 0 bridgehead atoms. The van der Waals surface area contributed by atoms with Gasteiger partial charge in [0.15, 0.2) is 5.78 Å². The fraction of sp³-hybridized carbons (Fsp3) is 0.222. The molecule has 0 saturated carbocycles. The lowest BCUT2D eigenvalue weighted by atomic mass is 9.97. The van der Waals surface area contributed by atoms with Gasteiger partial charge in [-0.25, -0.2) is 0 Å². The lowest BCUT2D eigenvalue weighted by molar-refractivity contribution is -0.117. The zero-order valence-corrected chi connectivity index (χ0v) is 12.3. The van der Waals surface area contributed by atoms with Crippen molar-refractivity contribution in [3.63, 3.8) is 0 Å². The highest BCUT2D eigenvalue weighted by molar-refractivity contribution is 6.13. The van der Waals surface area contributed by atoms with Gasteiger partial charge in [0, 0.05) is 23.4 Å². The third-order valence-corrected chi connectivity index (χ3v) is 4.32. The average molecular weight is 293 g/mol. The van der Waals surface area contributed by atoms with E-state index in [-0.39, 0.29) is 11.7 Å². The van der Waals surface area contributed by atoms with Crippen LogP contribution in [0.25, 0.3) is 0 Å². The summed E-state index contributed by atoms with van der Waals surface area (Å²) in [5, 5.41) is 0.